The summed E-state index contributed by atoms with van der Waals surface area (Å²) in [5.74, 6) is 0.459. The van der Waals surface area contributed by atoms with Crippen LogP contribution in [0.15, 0.2) is 6.20 Å². The number of carbonyl (C=O) groups is 1. The van der Waals surface area contributed by atoms with Crippen LogP contribution in [0, 0.1) is 5.92 Å². The highest BCUT2D eigenvalue weighted by molar-refractivity contribution is 5.91. The molecule has 108 valence electrons. The SMILES string of the molecule is CCCNCCNC(=O)c1cn(CCC(C)C)nn1. The molecule has 0 aliphatic rings. The lowest BCUT2D eigenvalue weighted by Crippen LogP contribution is -2.32. The smallest absolute Gasteiger partial charge is 0.273 e. The summed E-state index contributed by atoms with van der Waals surface area (Å²) < 4.78 is 1.73. The van der Waals surface area contributed by atoms with Crippen molar-refractivity contribution in [2.75, 3.05) is 19.6 Å². The molecule has 1 aromatic rings. The first-order chi connectivity index (χ1) is 9.13. The van der Waals surface area contributed by atoms with Crippen LogP contribution >= 0.6 is 0 Å². The van der Waals surface area contributed by atoms with Crippen LogP contribution in [0.25, 0.3) is 0 Å². The molecule has 0 saturated carbocycles. The number of amides is 1. The number of nitrogens with one attached hydrogen (secondary N) is 2. The van der Waals surface area contributed by atoms with Gasteiger partial charge in [0.25, 0.3) is 5.91 Å². The number of aryl methyl sites for hydroxylation is 1. The molecule has 1 rings (SSSR count). The molecule has 0 bridgehead atoms. The van der Waals surface area contributed by atoms with Crippen LogP contribution in [0.1, 0.15) is 44.1 Å². The van der Waals surface area contributed by atoms with E-state index in [0.717, 1.165) is 32.5 Å². The molecule has 0 radical (unpaired) electrons. The van der Waals surface area contributed by atoms with Gasteiger partial charge in [-0.25, -0.2) is 0 Å². The van der Waals surface area contributed by atoms with Crippen molar-refractivity contribution < 1.29 is 4.79 Å². The normalized spacial score (nSPS) is 10.9. The maximum absolute atomic E-state index is 11.8. The van der Waals surface area contributed by atoms with Crippen molar-refractivity contribution in [1.82, 2.24) is 25.6 Å². The Morgan fingerprint density at radius 2 is 2.16 bits per heavy atom. The molecule has 0 aromatic carbocycles. The van der Waals surface area contributed by atoms with E-state index < -0.39 is 0 Å². The molecule has 0 spiro atoms. The van der Waals surface area contributed by atoms with E-state index in [1.165, 1.54) is 0 Å². The number of rotatable bonds is 9. The third-order valence-corrected chi connectivity index (χ3v) is 2.72. The zero-order chi connectivity index (χ0) is 14.1. The number of aromatic nitrogens is 3. The minimum atomic E-state index is -0.158. The minimum Gasteiger partial charge on any atom is -0.349 e. The Bertz CT molecular complexity index is 375. The van der Waals surface area contributed by atoms with E-state index in [9.17, 15) is 4.79 Å². The molecule has 0 aliphatic carbocycles. The molecule has 1 amide bonds. The first-order valence-electron chi connectivity index (χ1n) is 7.02. The van der Waals surface area contributed by atoms with Gasteiger partial charge in [0.2, 0.25) is 0 Å². The van der Waals surface area contributed by atoms with Crippen molar-refractivity contribution in [3.05, 3.63) is 11.9 Å². The average molecular weight is 267 g/mol. The maximum atomic E-state index is 11.8. The third kappa shape index (κ3) is 6.33. The number of hydrogen-bond donors (Lipinski definition) is 2. The molecule has 0 atom stereocenters. The highest BCUT2D eigenvalue weighted by atomic mass is 16.2. The fraction of sp³-hybridized carbons (Fsp3) is 0.769. The lowest BCUT2D eigenvalue weighted by atomic mass is 10.1. The van der Waals surface area contributed by atoms with E-state index in [-0.39, 0.29) is 5.91 Å². The second kappa shape index (κ2) is 8.63. The van der Waals surface area contributed by atoms with Gasteiger partial charge in [-0.05, 0) is 25.3 Å². The van der Waals surface area contributed by atoms with Crippen molar-refractivity contribution >= 4 is 5.91 Å². The third-order valence-electron chi connectivity index (χ3n) is 2.72. The largest absolute Gasteiger partial charge is 0.349 e. The lowest BCUT2D eigenvalue weighted by Gasteiger charge is -2.04. The van der Waals surface area contributed by atoms with E-state index in [4.69, 9.17) is 0 Å². The molecule has 0 unspecified atom stereocenters. The molecule has 1 heterocycles. The summed E-state index contributed by atoms with van der Waals surface area (Å²) in [6.45, 7) is 9.60. The average Bonchev–Trinajstić information content (AvgIpc) is 2.84. The monoisotopic (exact) mass is 267 g/mol. The molecule has 6 heteroatoms. The molecule has 19 heavy (non-hydrogen) atoms. The lowest BCUT2D eigenvalue weighted by molar-refractivity contribution is 0.0949. The van der Waals surface area contributed by atoms with E-state index in [0.29, 0.717) is 18.2 Å². The first-order valence-corrected chi connectivity index (χ1v) is 7.02. The van der Waals surface area contributed by atoms with E-state index >= 15 is 0 Å². The van der Waals surface area contributed by atoms with Crippen LogP contribution < -0.4 is 10.6 Å². The van der Waals surface area contributed by atoms with E-state index in [2.05, 4.69) is 41.7 Å². The Morgan fingerprint density at radius 1 is 1.37 bits per heavy atom. The number of hydrogen-bond acceptors (Lipinski definition) is 4. The summed E-state index contributed by atoms with van der Waals surface area (Å²) in [5, 5.41) is 13.9. The van der Waals surface area contributed by atoms with Gasteiger partial charge in [-0.1, -0.05) is 26.0 Å². The Balaban J connectivity index is 2.28. The van der Waals surface area contributed by atoms with Gasteiger partial charge in [-0.2, -0.15) is 0 Å². The number of carbonyl (C=O) groups excluding carboxylic acids is 1. The van der Waals surface area contributed by atoms with Crippen molar-refractivity contribution in [3.63, 3.8) is 0 Å². The Labute approximate surface area is 115 Å². The van der Waals surface area contributed by atoms with Crippen LogP contribution in [-0.2, 0) is 6.54 Å². The number of nitrogens with zero attached hydrogens (tertiary/aromatic N) is 3. The summed E-state index contributed by atoms with van der Waals surface area (Å²) in [5.41, 5.74) is 0.388. The second-order valence-electron chi connectivity index (χ2n) is 5.06. The fourth-order valence-corrected chi connectivity index (χ4v) is 1.56. The summed E-state index contributed by atoms with van der Waals surface area (Å²) in [7, 11) is 0. The van der Waals surface area contributed by atoms with Gasteiger partial charge in [0.1, 0.15) is 0 Å². The Hall–Kier alpha value is -1.43. The Morgan fingerprint density at radius 3 is 2.84 bits per heavy atom. The van der Waals surface area contributed by atoms with Gasteiger partial charge in [0.05, 0.1) is 6.20 Å². The molecule has 6 nitrogen and oxygen atoms in total. The molecule has 1 aromatic heterocycles. The second-order valence-corrected chi connectivity index (χ2v) is 5.06. The van der Waals surface area contributed by atoms with Gasteiger partial charge in [0, 0.05) is 19.6 Å². The first kappa shape index (κ1) is 15.6. The predicted molar refractivity (Wildman–Crippen MR) is 75.0 cm³/mol. The highest BCUT2D eigenvalue weighted by Crippen LogP contribution is 2.02. The molecule has 0 aliphatic heterocycles. The highest BCUT2D eigenvalue weighted by Gasteiger charge is 2.09. The van der Waals surface area contributed by atoms with Gasteiger partial charge in [-0.3, -0.25) is 9.48 Å². The van der Waals surface area contributed by atoms with Gasteiger partial charge < -0.3 is 10.6 Å². The molecular weight excluding hydrogens is 242 g/mol. The summed E-state index contributed by atoms with van der Waals surface area (Å²) in [6.07, 6.45) is 3.83. The summed E-state index contributed by atoms with van der Waals surface area (Å²) in [6, 6.07) is 0. The topological polar surface area (TPSA) is 71.8 Å². The van der Waals surface area contributed by atoms with Crippen LogP contribution in [0.4, 0.5) is 0 Å². The molecule has 0 saturated heterocycles. The Kier molecular flexibility index (Phi) is 7.10. The van der Waals surface area contributed by atoms with Crippen molar-refractivity contribution in [3.8, 4) is 0 Å². The summed E-state index contributed by atoms with van der Waals surface area (Å²) >= 11 is 0. The minimum absolute atomic E-state index is 0.158. The van der Waals surface area contributed by atoms with Gasteiger partial charge >= 0.3 is 0 Å². The molecular formula is C13H25N5O. The van der Waals surface area contributed by atoms with Crippen molar-refractivity contribution in [2.24, 2.45) is 5.92 Å². The quantitative estimate of drug-likeness (QED) is 0.656. The van der Waals surface area contributed by atoms with Gasteiger partial charge in [-0.15, -0.1) is 5.10 Å². The van der Waals surface area contributed by atoms with Crippen LogP contribution in [0.2, 0.25) is 0 Å². The summed E-state index contributed by atoms with van der Waals surface area (Å²) in [4.78, 5) is 11.8. The van der Waals surface area contributed by atoms with E-state index in [1.807, 2.05) is 0 Å². The maximum Gasteiger partial charge on any atom is 0.273 e. The van der Waals surface area contributed by atoms with Crippen LogP contribution in [0.5, 0.6) is 0 Å². The van der Waals surface area contributed by atoms with E-state index in [1.54, 1.807) is 10.9 Å². The van der Waals surface area contributed by atoms with Crippen molar-refractivity contribution in [1.29, 1.82) is 0 Å². The van der Waals surface area contributed by atoms with Crippen molar-refractivity contribution in [2.45, 2.75) is 40.2 Å². The molecule has 2 N–H and O–H groups in total. The van der Waals surface area contributed by atoms with Gasteiger partial charge in [0.15, 0.2) is 5.69 Å². The van der Waals surface area contributed by atoms with Crippen LogP contribution in [0.3, 0.4) is 0 Å². The predicted octanol–water partition coefficient (Wildman–Crippen LogP) is 1.05. The fourth-order valence-electron chi connectivity index (χ4n) is 1.56. The zero-order valence-electron chi connectivity index (χ0n) is 12.1. The van der Waals surface area contributed by atoms with Crippen LogP contribution in [-0.4, -0.2) is 40.5 Å². The zero-order valence-corrected chi connectivity index (χ0v) is 12.1. The molecule has 0 fully saturated rings. The standard InChI is InChI=1S/C13H25N5O/c1-4-6-14-7-8-15-13(19)12-10-18(17-16-12)9-5-11(2)3/h10-11,14H,4-9H2,1-3H3,(H,15,19).